The second-order valence-corrected chi connectivity index (χ2v) is 8.33. The van der Waals surface area contributed by atoms with Gasteiger partial charge < -0.3 is 9.84 Å². The molecule has 0 aromatic carbocycles. The lowest BCUT2D eigenvalue weighted by Crippen LogP contribution is -2.27. The van der Waals surface area contributed by atoms with Crippen molar-refractivity contribution in [2.45, 2.75) is 63.6 Å². The number of amides is 1. The van der Waals surface area contributed by atoms with E-state index in [0.717, 1.165) is 45.2 Å². The fourth-order valence-corrected chi connectivity index (χ4v) is 4.90. The number of thiazole rings is 1. The smallest absolute Gasteiger partial charge is 0.292 e. The summed E-state index contributed by atoms with van der Waals surface area (Å²) in [4.78, 5) is 25.0. The average molecular weight is 359 g/mol. The van der Waals surface area contributed by atoms with Crippen LogP contribution in [-0.2, 0) is 19.4 Å². The second kappa shape index (κ2) is 6.17. The minimum Gasteiger partial charge on any atom is -0.346 e. The molecular weight excluding hydrogens is 338 g/mol. The molecule has 3 heterocycles. The van der Waals surface area contributed by atoms with Crippen molar-refractivity contribution >= 4 is 17.2 Å². The molecule has 2 fully saturated rings. The summed E-state index contributed by atoms with van der Waals surface area (Å²) in [6.45, 7) is 1.83. The molecule has 1 N–H and O–H groups in total. The number of hydrogen-bond acceptors (Lipinski definition) is 7. The van der Waals surface area contributed by atoms with E-state index in [4.69, 9.17) is 9.51 Å². The number of aromatic nitrogens is 3. The van der Waals surface area contributed by atoms with E-state index in [1.165, 1.54) is 28.4 Å². The Morgan fingerprint density at radius 1 is 1.24 bits per heavy atom. The molecule has 7 nitrogen and oxygen atoms in total. The van der Waals surface area contributed by atoms with Gasteiger partial charge in [-0.25, -0.2) is 4.98 Å². The average Bonchev–Trinajstić information content (AvgIpc) is 3.05. The lowest BCUT2D eigenvalue weighted by atomic mass is 10.2. The summed E-state index contributed by atoms with van der Waals surface area (Å²) >= 11 is 1.85. The molecule has 5 rings (SSSR count). The Labute approximate surface area is 149 Å². The van der Waals surface area contributed by atoms with Crippen LogP contribution in [0.15, 0.2) is 4.52 Å². The van der Waals surface area contributed by atoms with Crippen LogP contribution in [-0.4, -0.2) is 38.5 Å². The van der Waals surface area contributed by atoms with E-state index in [0.29, 0.717) is 11.9 Å². The molecule has 0 unspecified atom stereocenters. The molecule has 25 heavy (non-hydrogen) atoms. The third-order valence-corrected chi connectivity index (χ3v) is 6.33. The number of likely N-dealkylation sites (tertiary alicyclic amines) is 1. The molecule has 1 aliphatic heterocycles. The summed E-state index contributed by atoms with van der Waals surface area (Å²) in [5, 5.41) is 7.97. The first-order chi connectivity index (χ1) is 12.3. The number of nitrogens with zero attached hydrogens (tertiary/aromatic N) is 4. The van der Waals surface area contributed by atoms with Gasteiger partial charge in [-0.1, -0.05) is 5.16 Å². The van der Waals surface area contributed by atoms with Crippen LogP contribution in [0.4, 0.5) is 0 Å². The molecule has 1 amide bonds. The third kappa shape index (κ3) is 3.08. The molecule has 1 atom stereocenters. The zero-order chi connectivity index (χ0) is 16.8. The number of aryl methyl sites for hydroxylation is 2. The standard InChI is InChI=1S/C17H21N5O2S/c23-16(18-10-6-7-10)15-20-17(24-21-15)12-4-2-8-22(12)9-14-19-11-3-1-5-13(11)25-14/h10,12H,1-9H2,(H,18,23)/t12-/m0/s1. The Hall–Kier alpha value is -1.80. The molecule has 1 saturated carbocycles. The number of nitrogens with one attached hydrogen (secondary N) is 1. The predicted molar refractivity (Wildman–Crippen MR) is 91.3 cm³/mol. The van der Waals surface area contributed by atoms with Crippen LogP contribution in [0.1, 0.15) is 70.2 Å². The quantitative estimate of drug-likeness (QED) is 0.881. The molecule has 8 heteroatoms. The largest absolute Gasteiger partial charge is 0.346 e. The Balaban J connectivity index is 1.29. The highest BCUT2D eigenvalue weighted by atomic mass is 32.1. The van der Waals surface area contributed by atoms with Crippen molar-refractivity contribution in [2.24, 2.45) is 0 Å². The Morgan fingerprint density at radius 2 is 2.16 bits per heavy atom. The summed E-state index contributed by atoms with van der Waals surface area (Å²) in [6, 6.07) is 0.387. The highest BCUT2D eigenvalue weighted by Gasteiger charge is 2.33. The summed E-state index contributed by atoms with van der Waals surface area (Å²) in [6.07, 6.45) is 7.72. The number of hydrogen-bond donors (Lipinski definition) is 1. The van der Waals surface area contributed by atoms with E-state index in [1.807, 2.05) is 11.3 Å². The van der Waals surface area contributed by atoms with Gasteiger partial charge in [-0.05, 0) is 51.5 Å². The van der Waals surface area contributed by atoms with Crippen molar-refractivity contribution in [3.8, 4) is 0 Å². The van der Waals surface area contributed by atoms with Gasteiger partial charge in [0, 0.05) is 10.9 Å². The molecule has 1 saturated heterocycles. The normalized spacial score (nSPS) is 23.1. The van der Waals surface area contributed by atoms with E-state index >= 15 is 0 Å². The van der Waals surface area contributed by atoms with Gasteiger partial charge in [-0.15, -0.1) is 11.3 Å². The van der Waals surface area contributed by atoms with Crippen LogP contribution >= 0.6 is 11.3 Å². The minimum atomic E-state index is -0.224. The zero-order valence-corrected chi connectivity index (χ0v) is 14.8. The van der Waals surface area contributed by atoms with Gasteiger partial charge in [0.15, 0.2) is 0 Å². The van der Waals surface area contributed by atoms with Crippen molar-refractivity contribution in [3.05, 3.63) is 27.3 Å². The van der Waals surface area contributed by atoms with E-state index < -0.39 is 0 Å². The zero-order valence-electron chi connectivity index (χ0n) is 14.0. The Kier molecular flexibility index (Phi) is 3.82. The molecule has 0 radical (unpaired) electrons. The highest BCUT2D eigenvalue weighted by Crippen LogP contribution is 2.34. The SMILES string of the molecule is O=C(NC1CC1)c1noc([C@@H]2CCCN2Cc2nc3c(s2)CCC3)n1. The van der Waals surface area contributed by atoms with E-state index in [2.05, 4.69) is 20.4 Å². The van der Waals surface area contributed by atoms with Crippen LogP contribution in [0.2, 0.25) is 0 Å². The number of fused-ring (bicyclic) bond motifs is 1. The molecule has 132 valence electrons. The van der Waals surface area contributed by atoms with E-state index in [-0.39, 0.29) is 17.8 Å². The first kappa shape index (κ1) is 15.5. The van der Waals surface area contributed by atoms with Gasteiger partial charge >= 0.3 is 0 Å². The Bertz CT molecular complexity index is 775. The Morgan fingerprint density at radius 3 is 3.00 bits per heavy atom. The van der Waals surface area contributed by atoms with Gasteiger partial charge in [-0.2, -0.15) is 4.98 Å². The van der Waals surface area contributed by atoms with Crippen molar-refractivity contribution in [1.29, 1.82) is 0 Å². The summed E-state index contributed by atoms with van der Waals surface area (Å²) in [5.74, 6) is 0.489. The van der Waals surface area contributed by atoms with Crippen molar-refractivity contribution in [2.75, 3.05) is 6.54 Å². The molecule has 0 bridgehead atoms. The van der Waals surface area contributed by atoms with Gasteiger partial charge in [0.25, 0.3) is 11.7 Å². The van der Waals surface area contributed by atoms with Gasteiger partial charge in [-0.3, -0.25) is 9.69 Å². The predicted octanol–water partition coefficient (Wildman–Crippen LogP) is 2.24. The van der Waals surface area contributed by atoms with Crippen LogP contribution in [0.3, 0.4) is 0 Å². The maximum Gasteiger partial charge on any atom is 0.292 e. The number of carbonyl (C=O) groups excluding carboxylic acids is 1. The third-order valence-electron chi connectivity index (χ3n) is 5.18. The van der Waals surface area contributed by atoms with Crippen molar-refractivity contribution in [3.63, 3.8) is 0 Å². The van der Waals surface area contributed by atoms with Crippen molar-refractivity contribution in [1.82, 2.24) is 25.3 Å². The number of carbonyl (C=O) groups is 1. The van der Waals surface area contributed by atoms with Gasteiger partial charge in [0.2, 0.25) is 5.89 Å². The molecule has 2 aromatic heterocycles. The lowest BCUT2D eigenvalue weighted by Gasteiger charge is -2.19. The summed E-state index contributed by atoms with van der Waals surface area (Å²) in [7, 11) is 0. The van der Waals surface area contributed by atoms with Gasteiger partial charge in [0.05, 0.1) is 18.3 Å². The molecule has 3 aliphatic rings. The fraction of sp³-hybridized carbons (Fsp3) is 0.647. The summed E-state index contributed by atoms with van der Waals surface area (Å²) in [5.41, 5.74) is 1.30. The first-order valence-corrected chi connectivity index (χ1v) is 9.94. The van der Waals surface area contributed by atoms with Crippen molar-refractivity contribution < 1.29 is 9.32 Å². The van der Waals surface area contributed by atoms with Crippen LogP contribution in [0, 0.1) is 0 Å². The second-order valence-electron chi connectivity index (χ2n) is 7.16. The summed E-state index contributed by atoms with van der Waals surface area (Å²) < 4.78 is 5.42. The first-order valence-electron chi connectivity index (χ1n) is 9.12. The maximum atomic E-state index is 12.1. The van der Waals surface area contributed by atoms with Crippen LogP contribution < -0.4 is 5.32 Å². The van der Waals surface area contributed by atoms with E-state index in [1.54, 1.807) is 0 Å². The van der Waals surface area contributed by atoms with E-state index in [9.17, 15) is 4.79 Å². The molecule has 2 aromatic rings. The number of rotatable bonds is 5. The lowest BCUT2D eigenvalue weighted by molar-refractivity contribution is 0.0937. The molecule has 2 aliphatic carbocycles. The fourth-order valence-electron chi connectivity index (χ4n) is 3.72. The topological polar surface area (TPSA) is 84.2 Å². The monoisotopic (exact) mass is 359 g/mol. The maximum absolute atomic E-state index is 12.1. The molecule has 0 spiro atoms. The van der Waals surface area contributed by atoms with Crippen LogP contribution in [0.25, 0.3) is 0 Å². The van der Waals surface area contributed by atoms with Crippen LogP contribution in [0.5, 0.6) is 0 Å². The van der Waals surface area contributed by atoms with Gasteiger partial charge in [0.1, 0.15) is 5.01 Å². The minimum absolute atomic E-state index is 0.0914. The molecular formula is C17H21N5O2S. The highest BCUT2D eigenvalue weighted by molar-refractivity contribution is 7.11.